The summed E-state index contributed by atoms with van der Waals surface area (Å²) >= 11 is 0. The Morgan fingerprint density at radius 1 is 1.27 bits per heavy atom. The Balaban J connectivity index is 2.75. The van der Waals surface area contributed by atoms with Crippen molar-refractivity contribution in [2.24, 2.45) is 5.73 Å². The van der Waals surface area contributed by atoms with Crippen molar-refractivity contribution in [3.63, 3.8) is 0 Å². The van der Waals surface area contributed by atoms with Gasteiger partial charge in [-0.15, -0.1) is 0 Å². The molecule has 26 heavy (non-hydrogen) atoms. The number of hydrogen-bond acceptors (Lipinski definition) is 5. The fourth-order valence-corrected chi connectivity index (χ4v) is 4.48. The van der Waals surface area contributed by atoms with E-state index in [1.165, 1.54) is 4.90 Å². The van der Waals surface area contributed by atoms with Crippen LogP contribution in [0.3, 0.4) is 0 Å². The van der Waals surface area contributed by atoms with Crippen molar-refractivity contribution in [2.45, 2.75) is 76.9 Å². The third-order valence-electron chi connectivity index (χ3n) is 4.60. The number of hydrogen-bond donors (Lipinski definition) is 3. The summed E-state index contributed by atoms with van der Waals surface area (Å²) in [4.78, 5) is 35.5. The maximum atomic E-state index is 12.8. The average molecular weight is 392 g/mol. The average Bonchev–Trinajstić information content (AvgIpc) is 3.07. The van der Waals surface area contributed by atoms with E-state index in [0.717, 1.165) is 19.3 Å². The van der Waals surface area contributed by atoms with Gasteiger partial charge < -0.3 is 20.6 Å². The number of amides is 1. The summed E-state index contributed by atoms with van der Waals surface area (Å²) in [5, 5.41) is 9.27. The molecule has 4 N–H and O–H groups in total. The number of nitrogens with two attached hydrogens (primary N) is 1. The molecular weight excluding hydrogens is 359 g/mol. The van der Waals surface area contributed by atoms with E-state index in [9.17, 15) is 24.2 Å². The van der Waals surface area contributed by atoms with Crippen LogP contribution >= 0.6 is 7.60 Å². The second-order valence-corrected chi connectivity index (χ2v) is 8.76. The number of carboxylic acids is 1. The van der Waals surface area contributed by atoms with Crippen LogP contribution in [0.2, 0.25) is 0 Å². The minimum Gasteiger partial charge on any atom is -0.480 e. The predicted molar refractivity (Wildman–Crippen MR) is 99.0 cm³/mol. The largest absolute Gasteiger partial charge is 0.480 e. The van der Waals surface area contributed by atoms with Gasteiger partial charge in [0.2, 0.25) is 0 Å². The molecule has 0 spiro atoms. The van der Waals surface area contributed by atoms with E-state index in [0.29, 0.717) is 45.2 Å². The molecular formula is C17H33N2O6P. The minimum atomic E-state index is -3.90. The molecule has 1 rings (SSSR count). The highest BCUT2D eigenvalue weighted by Crippen LogP contribution is 2.45. The molecule has 9 heteroatoms. The number of aliphatic carboxylic acids is 1. The first-order valence-corrected chi connectivity index (χ1v) is 11.3. The third kappa shape index (κ3) is 7.74. The molecule has 0 bridgehead atoms. The first-order chi connectivity index (χ1) is 12.3. The van der Waals surface area contributed by atoms with Gasteiger partial charge in [0.05, 0.1) is 6.16 Å². The fraction of sp³-hybridized carbons (Fsp3) is 0.882. The monoisotopic (exact) mass is 392 g/mol. The van der Waals surface area contributed by atoms with Gasteiger partial charge in [-0.2, -0.15) is 0 Å². The van der Waals surface area contributed by atoms with E-state index < -0.39 is 31.6 Å². The second-order valence-electron chi connectivity index (χ2n) is 6.83. The molecule has 1 amide bonds. The highest BCUT2D eigenvalue weighted by atomic mass is 31.2. The van der Waals surface area contributed by atoms with Gasteiger partial charge in [0.1, 0.15) is 12.1 Å². The second kappa shape index (κ2) is 11.7. The topological polar surface area (TPSA) is 130 Å². The number of carbonyl (C=O) groups is 2. The summed E-state index contributed by atoms with van der Waals surface area (Å²) in [6, 6.07) is -0.884. The van der Waals surface area contributed by atoms with Gasteiger partial charge in [0.15, 0.2) is 0 Å². The van der Waals surface area contributed by atoms with Crippen LogP contribution in [-0.4, -0.2) is 58.2 Å². The molecule has 152 valence electrons. The highest BCUT2D eigenvalue weighted by molar-refractivity contribution is 7.52. The lowest BCUT2D eigenvalue weighted by molar-refractivity contribution is -0.151. The van der Waals surface area contributed by atoms with Gasteiger partial charge in [-0.25, -0.2) is 4.79 Å². The summed E-state index contributed by atoms with van der Waals surface area (Å²) in [5.41, 5.74) is 5.48. The Bertz CT molecular complexity index is 502. The van der Waals surface area contributed by atoms with E-state index in [-0.39, 0.29) is 12.6 Å². The molecule has 1 aliphatic heterocycles. The zero-order chi connectivity index (χ0) is 19.6. The Kier molecular flexibility index (Phi) is 10.4. The Morgan fingerprint density at radius 2 is 2.00 bits per heavy atom. The van der Waals surface area contributed by atoms with Crippen LogP contribution in [-0.2, 0) is 18.7 Å². The Hall–Kier alpha value is -0.950. The lowest BCUT2D eigenvalue weighted by atomic mass is 10.1. The van der Waals surface area contributed by atoms with Gasteiger partial charge in [-0.3, -0.25) is 13.9 Å². The molecule has 0 aromatic heterocycles. The molecule has 0 saturated carbocycles. The number of rotatable bonds is 13. The molecule has 0 aromatic carbocycles. The molecule has 0 aliphatic carbocycles. The van der Waals surface area contributed by atoms with Crippen molar-refractivity contribution < 1.29 is 28.7 Å². The normalized spacial score (nSPS) is 20.7. The summed E-state index contributed by atoms with van der Waals surface area (Å²) in [7, 11) is -3.90. The molecule has 1 heterocycles. The third-order valence-corrected chi connectivity index (χ3v) is 6.07. The highest BCUT2D eigenvalue weighted by Gasteiger charge is 2.39. The SMILES string of the molecule is CCCCCCP(=O)(O)OC(CCCCN)C(=O)N1CCC[C@H]1C(=O)O. The first kappa shape index (κ1) is 23.1. The van der Waals surface area contributed by atoms with Gasteiger partial charge in [0.25, 0.3) is 5.91 Å². The van der Waals surface area contributed by atoms with Gasteiger partial charge >= 0.3 is 13.6 Å². The van der Waals surface area contributed by atoms with Crippen molar-refractivity contribution in [1.82, 2.24) is 4.90 Å². The number of carbonyl (C=O) groups excluding carboxylic acids is 1. The van der Waals surface area contributed by atoms with Crippen LogP contribution in [0.4, 0.5) is 0 Å². The van der Waals surface area contributed by atoms with Crippen LogP contribution in [0.15, 0.2) is 0 Å². The molecule has 1 saturated heterocycles. The summed E-state index contributed by atoms with van der Waals surface area (Å²) in [5.74, 6) is -1.56. The lowest BCUT2D eigenvalue weighted by Crippen LogP contribution is -2.46. The lowest BCUT2D eigenvalue weighted by Gasteiger charge is -2.28. The van der Waals surface area contributed by atoms with Gasteiger partial charge in [-0.05, 0) is 45.1 Å². The van der Waals surface area contributed by atoms with E-state index in [2.05, 4.69) is 6.92 Å². The Labute approximate surface area is 155 Å². The van der Waals surface area contributed by atoms with Crippen molar-refractivity contribution in [3.05, 3.63) is 0 Å². The van der Waals surface area contributed by atoms with Crippen LogP contribution in [0.25, 0.3) is 0 Å². The van der Waals surface area contributed by atoms with Crippen LogP contribution in [0.1, 0.15) is 64.7 Å². The van der Waals surface area contributed by atoms with Gasteiger partial charge in [0, 0.05) is 6.54 Å². The number of likely N-dealkylation sites (tertiary alicyclic amines) is 1. The number of carboxylic acid groups (broad SMARTS) is 1. The summed E-state index contributed by atoms with van der Waals surface area (Å²) < 4.78 is 17.7. The van der Waals surface area contributed by atoms with E-state index in [1.54, 1.807) is 0 Å². The fourth-order valence-electron chi connectivity index (χ4n) is 3.16. The van der Waals surface area contributed by atoms with Crippen molar-refractivity contribution in [2.75, 3.05) is 19.3 Å². The van der Waals surface area contributed by atoms with Crippen LogP contribution < -0.4 is 5.73 Å². The van der Waals surface area contributed by atoms with E-state index >= 15 is 0 Å². The molecule has 8 nitrogen and oxygen atoms in total. The molecule has 3 atom stereocenters. The van der Waals surface area contributed by atoms with Crippen molar-refractivity contribution >= 4 is 19.5 Å². The van der Waals surface area contributed by atoms with Crippen LogP contribution in [0, 0.1) is 0 Å². The number of unbranched alkanes of at least 4 members (excludes halogenated alkanes) is 4. The standard InChI is InChI=1S/C17H33N2O6P/c1-2-3-4-7-13-26(23,24)25-15(10-5-6-11-18)16(20)19-12-8-9-14(19)17(21)22/h14-15H,2-13,18H2,1H3,(H,21,22)(H,23,24)/t14-,15?/m0/s1. The van der Waals surface area contributed by atoms with Crippen LogP contribution in [0.5, 0.6) is 0 Å². The van der Waals surface area contributed by atoms with Crippen molar-refractivity contribution in [3.8, 4) is 0 Å². The quantitative estimate of drug-likeness (QED) is 0.324. The smallest absolute Gasteiger partial charge is 0.328 e. The molecule has 1 aliphatic rings. The summed E-state index contributed by atoms with van der Waals surface area (Å²) in [6.07, 6.45) is 4.82. The first-order valence-electron chi connectivity index (χ1n) is 9.56. The van der Waals surface area contributed by atoms with E-state index in [4.69, 9.17) is 10.3 Å². The maximum absolute atomic E-state index is 12.8. The van der Waals surface area contributed by atoms with Crippen molar-refractivity contribution in [1.29, 1.82) is 0 Å². The maximum Gasteiger partial charge on any atom is 0.328 e. The molecule has 1 fully saturated rings. The molecule has 0 aromatic rings. The van der Waals surface area contributed by atoms with E-state index in [1.807, 2.05) is 0 Å². The zero-order valence-electron chi connectivity index (χ0n) is 15.6. The molecule has 2 unspecified atom stereocenters. The molecule has 0 radical (unpaired) electrons. The van der Waals surface area contributed by atoms with Gasteiger partial charge in [-0.1, -0.05) is 26.2 Å². The summed E-state index contributed by atoms with van der Waals surface area (Å²) in [6.45, 7) is 2.84. The zero-order valence-corrected chi connectivity index (χ0v) is 16.5. The number of nitrogens with zero attached hydrogens (tertiary/aromatic N) is 1. The Morgan fingerprint density at radius 3 is 2.62 bits per heavy atom. The minimum absolute atomic E-state index is 0.00995. The predicted octanol–water partition coefficient (Wildman–Crippen LogP) is 2.34.